The van der Waals surface area contributed by atoms with E-state index in [1.165, 1.54) is 5.56 Å². The lowest BCUT2D eigenvalue weighted by atomic mass is 10.0. The highest BCUT2D eigenvalue weighted by Crippen LogP contribution is 2.38. The molecule has 3 unspecified atom stereocenters. The molecule has 0 aromatic heterocycles. The molecule has 0 saturated carbocycles. The Bertz CT molecular complexity index is 1150. The van der Waals surface area contributed by atoms with Gasteiger partial charge in [-0.2, -0.15) is 0 Å². The molecule has 0 fully saturated rings. The molecule has 6 heteroatoms. The average Bonchev–Trinajstić information content (AvgIpc) is 2.83. The van der Waals surface area contributed by atoms with E-state index in [9.17, 15) is 0 Å². The maximum Gasteiger partial charge on any atom is 0.143 e. The minimum absolute atomic E-state index is 0.0515. The van der Waals surface area contributed by atoms with E-state index in [0.29, 0.717) is 6.61 Å². The molecule has 3 aromatic carbocycles. The van der Waals surface area contributed by atoms with E-state index in [-0.39, 0.29) is 18.2 Å². The summed E-state index contributed by atoms with van der Waals surface area (Å²) in [4.78, 5) is 0. The summed E-state index contributed by atoms with van der Waals surface area (Å²) in [5.74, 6) is 2.70. The molecule has 3 atom stereocenters. The van der Waals surface area contributed by atoms with Crippen molar-refractivity contribution < 1.29 is 14.2 Å². The van der Waals surface area contributed by atoms with E-state index in [0.717, 1.165) is 59.4 Å². The molecule has 6 nitrogen and oxygen atoms in total. The zero-order valence-electron chi connectivity index (χ0n) is 18.1. The fourth-order valence-corrected chi connectivity index (χ4v) is 4.58. The Hall–Kier alpha value is -3.54. The fraction of sp³-hybridized carbons (Fsp3) is 0.308. The molecule has 0 amide bonds. The Morgan fingerprint density at radius 2 is 1.72 bits per heavy atom. The van der Waals surface area contributed by atoms with Crippen LogP contribution in [0, 0.1) is 0 Å². The van der Waals surface area contributed by atoms with Gasteiger partial charge in [-0.1, -0.05) is 24.3 Å². The van der Waals surface area contributed by atoms with Crippen LogP contribution in [-0.2, 0) is 6.42 Å². The summed E-state index contributed by atoms with van der Waals surface area (Å²) in [6.07, 6.45) is 1.00. The number of benzene rings is 3. The quantitative estimate of drug-likeness (QED) is 0.554. The maximum absolute atomic E-state index is 6.35. The molecule has 32 heavy (non-hydrogen) atoms. The molecule has 3 aromatic rings. The SMILES string of the molecule is CC1CNc2ccc(C3CNc4cc(CC5COc6ccccc6N5)ccc4O3)cc2O1. The van der Waals surface area contributed by atoms with Crippen molar-refractivity contribution >= 4 is 17.1 Å². The highest BCUT2D eigenvalue weighted by atomic mass is 16.5. The Kier molecular flexibility index (Phi) is 4.71. The number of ether oxygens (including phenoxy) is 3. The van der Waals surface area contributed by atoms with E-state index in [2.05, 4.69) is 65.3 Å². The first-order chi connectivity index (χ1) is 15.7. The second-order valence-electron chi connectivity index (χ2n) is 8.74. The van der Waals surface area contributed by atoms with E-state index in [1.807, 2.05) is 18.2 Å². The molecule has 0 saturated heterocycles. The van der Waals surface area contributed by atoms with Crippen LogP contribution >= 0.6 is 0 Å². The number of nitrogens with one attached hydrogen (secondary N) is 3. The lowest BCUT2D eigenvalue weighted by molar-refractivity contribution is 0.205. The number of hydrogen-bond acceptors (Lipinski definition) is 6. The van der Waals surface area contributed by atoms with Crippen molar-refractivity contribution in [1.29, 1.82) is 0 Å². The first kappa shape index (κ1) is 19.2. The third kappa shape index (κ3) is 3.66. The number of para-hydroxylation sites is 2. The van der Waals surface area contributed by atoms with Gasteiger partial charge < -0.3 is 30.2 Å². The standard InChI is InChI=1S/C26H27N3O3/c1-16-13-27-20-8-7-18(12-25(20)31-16)26-14-28-22-11-17(6-9-24(22)32-26)10-19-15-30-23-5-3-2-4-21(23)29-19/h2-9,11-12,16,19,26-29H,10,13-15H2,1H3. The minimum atomic E-state index is -0.0515. The topological polar surface area (TPSA) is 63.8 Å². The van der Waals surface area contributed by atoms with Crippen molar-refractivity contribution in [3.63, 3.8) is 0 Å². The highest BCUT2D eigenvalue weighted by molar-refractivity contribution is 5.63. The van der Waals surface area contributed by atoms with Crippen LogP contribution in [0.1, 0.15) is 24.2 Å². The van der Waals surface area contributed by atoms with Crippen molar-refractivity contribution in [2.24, 2.45) is 0 Å². The van der Waals surface area contributed by atoms with Crippen LogP contribution < -0.4 is 30.2 Å². The molecule has 0 spiro atoms. The smallest absolute Gasteiger partial charge is 0.143 e. The van der Waals surface area contributed by atoms with Crippen LogP contribution in [-0.4, -0.2) is 31.8 Å². The van der Waals surface area contributed by atoms with Crippen molar-refractivity contribution in [1.82, 2.24) is 0 Å². The zero-order chi connectivity index (χ0) is 21.5. The highest BCUT2D eigenvalue weighted by Gasteiger charge is 2.25. The summed E-state index contributed by atoms with van der Waals surface area (Å²) in [6, 6.07) is 21.0. The molecule has 3 aliphatic rings. The molecule has 0 aliphatic carbocycles. The molecule has 3 heterocycles. The lowest BCUT2D eigenvalue weighted by Crippen LogP contribution is -2.33. The lowest BCUT2D eigenvalue weighted by Gasteiger charge is -2.31. The summed E-state index contributed by atoms with van der Waals surface area (Å²) in [6.45, 7) is 4.28. The van der Waals surface area contributed by atoms with E-state index >= 15 is 0 Å². The van der Waals surface area contributed by atoms with Gasteiger partial charge in [-0.15, -0.1) is 0 Å². The average molecular weight is 430 g/mol. The second-order valence-corrected chi connectivity index (χ2v) is 8.74. The summed E-state index contributed by atoms with van der Waals surface area (Å²) >= 11 is 0. The van der Waals surface area contributed by atoms with Gasteiger partial charge in [-0.3, -0.25) is 0 Å². The second kappa shape index (κ2) is 7.86. The van der Waals surface area contributed by atoms with Gasteiger partial charge in [0.15, 0.2) is 0 Å². The number of rotatable bonds is 3. The summed E-state index contributed by atoms with van der Waals surface area (Å²) in [5, 5.41) is 10.6. The number of hydrogen-bond donors (Lipinski definition) is 3. The van der Waals surface area contributed by atoms with Gasteiger partial charge in [0.25, 0.3) is 0 Å². The minimum Gasteiger partial charge on any atom is -0.489 e. The largest absolute Gasteiger partial charge is 0.489 e. The summed E-state index contributed by atoms with van der Waals surface area (Å²) in [5.41, 5.74) is 5.51. The van der Waals surface area contributed by atoms with E-state index < -0.39 is 0 Å². The molecular formula is C26H27N3O3. The first-order valence-electron chi connectivity index (χ1n) is 11.3. The Morgan fingerprint density at radius 1 is 0.812 bits per heavy atom. The van der Waals surface area contributed by atoms with Gasteiger partial charge >= 0.3 is 0 Å². The van der Waals surface area contributed by atoms with Crippen molar-refractivity contribution in [2.45, 2.75) is 31.6 Å². The summed E-state index contributed by atoms with van der Waals surface area (Å²) in [7, 11) is 0. The van der Waals surface area contributed by atoms with Crippen molar-refractivity contribution in [3.8, 4) is 17.2 Å². The van der Waals surface area contributed by atoms with Crippen LogP contribution in [0.25, 0.3) is 0 Å². The Labute approximate surface area is 187 Å². The Morgan fingerprint density at radius 3 is 2.69 bits per heavy atom. The van der Waals surface area contributed by atoms with Gasteiger partial charge in [0.1, 0.15) is 36.1 Å². The molecule has 0 radical (unpaired) electrons. The zero-order valence-corrected chi connectivity index (χ0v) is 18.1. The third-order valence-electron chi connectivity index (χ3n) is 6.25. The van der Waals surface area contributed by atoms with Crippen LogP contribution in [0.5, 0.6) is 17.2 Å². The normalized spacial score (nSPS) is 22.8. The van der Waals surface area contributed by atoms with Crippen LogP contribution in [0.15, 0.2) is 60.7 Å². The van der Waals surface area contributed by atoms with Gasteiger partial charge in [0.05, 0.1) is 36.2 Å². The predicted molar refractivity (Wildman–Crippen MR) is 126 cm³/mol. The monoisotopic (exact) mass is 429 g/mol. The Balaban J connectivity index is 1.15. The summed E-state index contributed by atoms with van der Waals surface area (Å²) < 4.78 is 18.2. The van der Waals surface area contributed by atoms with Crippen molar-refractivity contribution in [3.05, 3.63) is 71.8 Å². The molecular weight excluding hydrogens is 402 g/mol. The first-order valence-corrected chi connectivity index (χ1v) is 11.3. The number of fused-ring (bicyclic) bond motifs is 3. The van der Waals surface area contributed by atoms with Gasteiger partial charge in [0, 0.05) is 0 Å². The van der Waals surface area contributed by atoms with E-state index in [1.54, 1.807) is 0 Å². The van der Waals surface area contributed by atoms with Crippen LogP contribution in [0.4, 0.5) is 17.1 Å². The maximum atomic E-state index is 6.35. The van der Waals surface area contributed by atoms with Crippen molar-refractivity contribution in [2.75, 3.05) is 35.6 Å². The van der Waals surface area contributed by atoms with Gasteiger partial charge in [-0.25, -0.2) is 0 Å². The molecule has 3 N–H and O–H groups in total. The molecule has 164 valence electrons. The predicted octanol–water partition coefficient (Wildman–Crippen LogP) is 4.84. The molecule has 0 bridgehead atoms. The van der Waals surface area contributed by atoms with Crippen LogP contribution in [0.3, 0.4) is 0 Å². The molecule has 3 aliphatic heterocycles. The number of anilines is 3. The van der Waals surface area contributed by atoms with Gasteiger partial charge in [0.2, 0.25) is 0 Å². The van der Waals surface area contributed by atoms with E-state index in [4.69, 9.17) is 14.2 Å². The van der Waals surface area contributed by atoms with Crippen LogP contribution in [0.2, 0.25) is 0 Å². The van der Waals surface area contributed by atoms with Gasteiger partial charge in [-0.05, 0) is 60.9 Å². The molecule has 6 rings (SSSR count). The third-order valence-corrected chi connectivity index (χ3v) is 6.25. The fourth-order valence-electron chi connectivity index (χ4n) is 4.58.